The highest BCUT2D eigenvalue weighted by molar-refractivity contribution is 6.05. The second-order valence-electron chi connectivity index (χ2n) is 11.0. The van der Waals surface area contributed by atoms with E-state index < -0.39 is 34.7 Å². The Kier molecular flexibility index (Phi) is 6.34. The Hall–Kier alpha value is -3.31. The van der Waals surface area contributed by atoms with E-state index in [0.29, 0.717) is 43.0 Å². The van der Waals surface area contributed by atoms with Crippen LogP contribution < -0.4 is 5.32 Å². The number of rotatable bonds is 4. The maximum atomic E-state index is 13.0. The first-order chi connectivity index (χ1) is 17.8. The molecule has 0 spiro atoms. The number of hydrogen-bond donors (Lipinski definition) is 2. The van der Waals surface area contributed by atoms with Gasteiger partial charge in [-0.15, -0.1) is 0 Å². The molecular formula is C27H29F3N4O4. The Balaban J connectivity index is 1.31. The molecule has 2 saturated heterocycles. The van der Waals surface area contributed by atoms with E-state index in [1.165, 1.54) is 17.0 Å². The van der Waals surface area contributed by atoms with Crippen LogP contribution in [0.2, 0.25) is 0 Å². The van der Waals surface area contributed by atoms with Gasteiger partial charge in [-0.3, -0.25) is 29.6 Å². The Labute approximate surface area is 217 Å². The third kappa shape index (κ3) is 4.58. The van der Waals surface area contributed by atoms with E-state index in [4.69, 9.17) is 0 Å². The minimum Gasteiger partial charge on any atom is -0.383 e. The summed E-state index contributed by atoms with van der Waals surface area (Å²) in [5.74, 6) is -1.18. The quantitative estimate of drug-likeness (QED) is 0.590. The average Bonchev–Trinajstić information content (AvgIpc) is 3.16. The standard InChI is InChI=1S/C27H29F3N4O4/c1-25(2)15-33(13-16-3-5-17(6-4-16)27(28,29)30)12-11-26(25,38)21-9-7-18-19(31-21)14-34(24(18)37)20-8-10-22(35)32-23(20)36/h3-7,9,20,38H,8,10-15H2,1-2H3,(H,32,35,36)/t20-,26-/m0/s1. The van der Waals surface area contributed by atoms with E-state index >= 15 is 0 Å². The fraction of sp³-hybridized carbons (Fsp3) is 0.481. The number of halogens is 3. The van der Waals surface area contributed by atoms with E-state index in [-0.39, 0.29) is 31.2 Å². The Morgan fingerprint density at radius 2 is 1.82 bits per heavy atom. The number of piperidine rings is 2. The third-order valence-corrected chi connectivity index (χ3v) is 8.01. The van der Waals surface area contributed by atoms with Crippen LogP contribution in [0.4, 0.5) is 13.2 Å². The molecule has 5 rings (SSSR count). The second-order valence-corrected chi connectivity index (χ2v) is 11.0. The van der Waals surface area contributed by atoms with E-state index in [9.17, 15) is 32.7 Å². The molecule has 11 heteroatoms. The lowest BCUT2D eigenvalue weighted by molar-refractivity contribution is -0.138. The summed E-state index contributed by atoms with van der Waals surface area (Å²) < 4.78 is 38.6. The molecule has 0 bridgehead atoms. The molecule has 8 nitrogen and oxygen atoms in total. The van der Waals surface area contributed by atoms with Crippen molar-refractivity contribution in [3.8, 4) is 0 Å². The number of pyridine rings is 1. The van der Waals surface area contributed by atoms with E-state index in [1.54, 1.807) is 12.1 Å². The normalized spacial score (nSPS) is 25.9. The number of alkyl halides is 3. The largest absolute Gasteiger partial charge is 0.416 e. The number of aliphatic hydroxyl groups is 1. The number of nitrogens with one attached hydrogen (secondary N) is 1. The molecule has 0 unspecified atom stereocenters. The molecule has 1 aromatic carbocycles. The summed E-state index contributed by atoms with van der Waals surface area (Å²) in [6.07, 6.45) is -3.62. The fourth-order valence-corrected chi connectivity index (χ4v) is 5.76. The van der Waals surface area contributed by atoms with E-state index in [1.807, 2.05) is 13.8 Å². The van der Waals surface area contributed by atoms with Crippen molar-refractivity contribution in [2.24, 2.45) is 5.41 Å². The van der Waals surface area contributed by atoms with Crippen LogP contribution in [0.3, 0.4) is 0 Å². The number of carbonyl (C=O) groups excluding carboxylic acids is 3. The van der Waals surface area contributed by atoms with Crippen molar-refractivity contribution in [1.29, 1.82) is 0 Å². The van der Waals surface area contributed by atoms with Crippen LogP contribution in [-0.4, -0.2) is 56.7 Å². The highest BCUT2D eigenvalue weighted by Gasteiger charge is 2.50. The summed E-state index contributed by atoms with van der Waals surface area (Å²) >= 11 is 0. The molecule has 1 aromatic heterocycles. The molecule has 2 N–H and O–H groups in total. The molecule has 2 aromatic rings. The zero-order chi connectivity index (χ0) is 27.5. The van der Waals surface area contributed by atoms with Gasteiger partial charge in [-0.1, -0.05) is 26.0 Å². The van der Waals surface area contributed by atoms with Crippen molar-refractivity contribution in [1.82, 2.24) is 20.1 Å². The number of carbonyl (C=O) groups is 3. The smallest absolute Gasteiger partial charge is 0.383 e. The third-order valence-electron chi connectivity index (χ3n) is 8.01. The van der Waals surface area contributed by atoms with Crippen LogP contribution in [0.15, 0.2) is 36.4 Å². The summed E-state index contributed by atoms with van der Waals surface area (Å²) in [6.45, 7) is 5.38. The summed E-state index contributed by atoms with van der Waals surface area (Å²) in [6, 6.07) is 7.65. The van der Waals surface area contributed by atoms with Crippen LogP contribution in [0.5, 0.6) is 0 Å². The lowest BCUT2D eigenvalue weighted by atomic mass is 9.68. The van der Waals surface area contributed by atoms with Crippen molar-refractivity contribution < 1.29 is 32.7 Å². The number of amides is 3. The van der Waals surface area contributed by atoms with Gasteiger partial charge in [0.15, 0.2) is 0 Å². The van der Waals surface area contributed by atoms with Crippen LogP contribution in [-0.2, 0) is 34.5 Å². The fourth-order valence-electron chi connectivity index (χ4n) is 5.76. The van der Waals surface area contributed by atoms with E-state index in [2.05, 4.69) is 15.2 Å². The summed E-state index contributed by atoms with van der Waals surface area (Å²) in [7, 11) is 0. The monoisotopic (exact) mass is 530 g/mol. The molecule has 4 heterocycles. The molecule has 3 amide bonds. The van der Waals surface area contributed by atoms with Crippen LogP contribution in [0.1, 0.15) is 66.0 Å². The predicted molar refractivity (Wildman–Crippen MR) is 129 cm³/mol. The number of aromatic nitrogens is 1. The summed E-state index contributed by atoms with van der Waals surface area (Å²) in [5.41, 5.74) is -0.607. The molecular weight excluding hydrogens is 501 g/mol. The number of benzene rings is 1. The lowest BCUT2D eigenvalue weighted by Crippen LogP contribution is -2.55. The lowest BCUT2D eigenvalue weighted by Gasteiger charge is -2.50. The SMILES string of the molecule is CC1(C)CN(Cc2ccc(C(F)(F)F)cc2)CC[C@]1(O)c1ccc2c(n1)CN([C@H]1CCC(=O)NC1=O)C2=O. The van der Waals surface area contributed by atoms with Crippen molar-refractivity contribution in [3.63, 3.8) is 0 Å². The first kappa shape index (κ1) is 26.3. The minimum atomic E-state index is -4.38. The van der Waals surface area contributed by atoms with Crippen LogP contribution in [0, 0.1) is 5.41 Å². The molecule has 0 saturated carbocycles. The number of hydrogen-bond acceptors (Lipinski definition) is 6. The van der Waals surface area contributed by atoms with Crippen molar-refractivity contribution in [2.75, 3.05) is 13.1 Å². The Bertz CT molecular complexity index is 1290. The van der Waals surface area contributed by atoms with Gasteiger partial charge in [0.1, 0.15) is 11.6 Å². The van der Waals surface area contributed by atoms with E-state index in [0.717, 1.165) is 17.7 Å². The van der Waals surface area contributed by atoms with Crippen molar-refractivity contribution >= 4 is 17.7 Å². The molecule has 2 atom stereocenters. The first-order valence-corrected chi connectivity index (χ1v) is 12.5. The van der Waals surface area contributed by atoms with Gasteiger partial charge < -0.3 is 10.0 Å². The number of fused-ring (bicyclic) bond motifs is 1. The van der Waals surface area contributed by atoms with Gasteiger partial charge >= 0.3 is 6.18 Å². The van der Waals surface area contributed by atoms with Gasteiger partial charge in [0, 0.05) is 31.5 Å². The molecule has 0 radical (unpaired) electrons. The highest BCUT2D eigenvalue weighted by Crippen LogP contribution is 2.46. The van der Waals surface area contributed by atoms with Gasteiger partial charge in [0.2, 0.25) is 11.8 Å². The Morgan fingerprint density at radius 1 is 1.11 bits per heavy atom. The van der Waals surface area contributed by atoms with Gasteiger partial charge in [-0.05, 0) is 42.7 Å². The predicted octanol–water partition coefficient (Wildman–Crippen LogP) is 2.98. The van der Waals surface area contributed by atoms with Crippen LogP contribution in [0.25, 0.3) is 0 Å². The number of nitrogens with zero attached hydrogens (tertiary/aromatic N) is 3. The van der Waals surface area contributed by atoms with Gasteiger partial charge in [-0.2, -0.15) is 13.2 Å². The maximum absolute atomic E-state index is 13.0. The zero-order valence-corrected chi connectivity index (χ0v) is 21.1. The zero-order valence-electron chi connectivity index (χ0n) is 21.1. The first-order valence-electron chi connectivity index (χ1n) is 12.5. The topological polar surface area (TPSA) is 103 Å². The molecule has 2 fully saturated rings. The molecule has 3 aliphatic heterocycles. The highest BCUT2D eigenvalue weighted by atomic mass is 19.4. The van der Waals surface area contributed by atoms with Gasteiger partial charge in [0.25, 0.3) is 5.91 Å². The van der Waals surface area contributed by atoms with Crippen molar-refractivity contribution in [2.45, 2.75) is 64.0 Å². The summed E-state index contributed by atoms with van der Waals surface area (Å²) in [5, 5.41) is 14.1. The Morgan fingerprint density at radius 3 is 2.45 bits per heavy atom. The minimum absolute atomic E-state index is 0.116. The number of likely N-dealkylation sites (tertiary alicyclic amines) is 1. The average molecular weight is 531 g/mol. The molecule has 38 heavy (non-hydrogen) atoms. The maximum Gasteiger partial charge on any atom is 0.416 e. The molecule has 0 aliphatic carbocycles. The van der Waals surface area contributed by atoms with Gasteiger partial charge in [-0.25, -0.2) is 0 Å². The van der Waals surface area contributed by atoms with Gasteiger partial charge in [0.05, 0.1) is 29.1 Å². The second kappa shape index (κ2) is 9.16. The molecule has 202 valence electrons. The van der Waals surface area contributed by atoms with Crippen molar-refractivity contribution in [3.05, 3.63) is 64.5 Å². The molecule has 3 aliphatic rings. The number of imide groups is 1. The van der Waals surface area contributed by atoms with Crippen LogP contribution >= 0.6 is 0 Å². The summed E-state index contributed by atoms with van der Waals surface area (Å²) in [4.78, 5) is 45.0.